The van der Waals surface area contributed by atoms with Gasteiger partial charge in [-0.15, -0.1) is 0 Å². The van der Waals surface area contributed by atoms with Crippen LogP contribution in [-0.2, 0) is 0 Å². The van der Waals surface area contributed by atoms with Gasteiger partial charge in [0.2, 0.25) is 0 Å². The Kier molecular flexibility index (Phi) is 5.18. The molecule has 2 unspecified atom stereocenters. The molecular formula is C15H22N2. The van der Waals surface area contributed by atoms with Gasteiger partial charge in [-0.05, 0) is 37.0 Å². The summed E-state index contributed by atoms with van der Waals surface area (Å²) in [5.41, 5.74) is 1.91. The quantitative estimate of drug-likeness (QED) is 0.838. The molecule has 0 aliphatic heterocycles. The summed E-state index contributed by atoms with van der Waals surface area (Å²) in [5, 5.41) is 12.5. The van der Waals surface area contributed by atoms with Crippen molar-refractivity contribution in [1.29, 1.82) is 5.26 Å². The Morgan fingerprint density at radius 2 is 2.00 bits per heavy atom. The molecule has 0 aromatic heterocycles. The van der Waals surface area contributed by atoms with Crippen molar-refractivity contribution in [3.8, 4) is 6.07 Å². The number of hydrogen-bond donors (Lipinski definition) is 1. The first kappa shape index (κ1) is 13.7. The third-order valence-electron chi connectivity index (χ3n) is 3.22. The van der Waals surface area contributed by atoms with Gasteiger partial charge in [0.15, 0.2) is 0 Å². The van der Waals surface area contributed by atoms with Crippen LogP contribution in [0.1, 0.15) is 51.3 Å². The number of nitrogens with one attached hydrogen (secondary N) is 1. The zero-order valence-electron chi connectivity index (χ0n) is 11.2. The highest BCUT2D eigenvalue weighted by Gasteiger charge is 2.14. The highest BCUT2D eigenvalue weighted by Crippen LogP contribution is 2.17. The normalized spacial score (nSPS) is 14.4. The van der Waals surface area contributed by atoms with E-state index in [-0.39, 0.29) is 6.04 Å². The standard InChI is InChI=1S/C15H22N2/c1-5-15(11(2)3)17-12(4)14-8-6-7-13(9-14)10-16/h6-9,11-12,15,17H,5H2,1-4H3. The maximum Gasteiger partial charge on any atom is 0.0991 e. The fourth-order valence-electron chi connectivity index (χ4n) is 2.08. The molecule has 0 heterocycles. The minimum Gasteiger partial charge on any atom is -0.307 e. The maximum absolute atomic E-state index is 8.89. The van der Waals surface area contributed by atoms with Gasteiger partial charge in [0.1, 0.15) is 0 Å². The molecule has 92 valence electrons. The Hall–Kier alpha value is -1.33. The second-order valence-corrected chi connectivity index (χ2v) is 4.88. The Morgan fingerprint density at radius 3 is 2.53 bits per heavy atom. The van der Waals surface area contributed by atoms with Gasteiger partial charge in [-0.2, -0.15) is 5.26 Å². The first-order valence-corrected chi connectivity index (χ1v) is 6.34. The lowest BCUT2D eigenvalue weighted by atomic mass is 9.98. The number of rotatable bonds is 5. The summed E-state index contributed by atoms with van der Waals surface area (Å²) in [6.07, 6.45) is 1.12. The first-order chi connectivity index (χ1) is 8.08. The van der Waals surface area contributed by atoms with Crippen LogP contribution in [0.25, 0.3) is 0 Å². The summed E-state index contributed by atoms with van der Waals surface area (Å²) >= 11 is 0. The van der Waals surface area contributed by atoms with E-state index in [0.29, 0.717) is 12.0 Å². The van der Waals surface area contributed by atoms with E-state index < -0.39 is 0 Å². The topological polar surface area (TPSA) is 35.8 Å². The van der Waals surface area contributed by atoms with E-state index in [1.54, 1.807) is 0 Å². The molecule has 0 saturated carbocycles. The summed E-state index contributed by atoms with van der Waals surface area (Å²) < 4.78 is 0. The average Bonchev–Trinajstić information content (AvgIpc) is 2.35. The third-order valence-corrected chi connectivity index (χ3v) is 3.22. The lowest BCUT2D eigenvalue weighted by Gasteiger charge is -2.25. The Labute approximate surface area is 105 Å². The molecule has 1 aromatic rings. The highest BCUT2D eigenvalue weighted by atomic mass is 14.9. The summed E-state index contributed by atoms with van der Waals surface area (Å²) in [5.74, 6) is 0.626. The second kappa shape index (κ2) is 6.42. The lowest BCUT2D eigenvalue weighted by molar-refractivity contribution is 0.356. The van der Waals surface area contributed by atoms with Crippen molar-refractivity contribution in [1.82, 2.24) is 5.32 Å². The van der Waals surface area contributed by atoms with Gasteiger partial charge in [0.05, 0.1) is 11.6 Å². The molecule has 2 heteroatoms. The van der Waals surface area contributed by atoms with Gasteiger partial charge >= 0.3 is 0 Å². The van der Waals surface area contributed by atoms with Gasteiger partial charge in [0.25, 0.3) is 0 Å². The number of nitrogens with zero attached hydrogens (tertiary/aromatic N) is 1. The molecule has 17 heavy (non-hydrogen) atoms. The van der Waals surface area contributed by atoms with Crippen LogP contribution in [0.3, 0.4) is 0 Å². The molecule has 0 bridgehead atoms. The Bertz CT molecular complexity index is 390. The SMILES string of the molecule is CCC(NC(C)c1cccc(C#N)c1)C(C)C. The second-order valence-electron chi connectivity index (χ2n) is 4.88. The van der Waals surface area contributed by atoms with Crippen LogP contribution in [0.4, 0.5) is 0 Å². The predicted octanol–water partition coefficient (Wildman–Crippen LogP) is 3.64. The molecule has 2 atom stereocenters. The van der Waals surface area contributed by atoms with Crippen LogP contribution in [0.5, 0.6) is 0 Å². The first-order valence-electron chi connectivity index (χ1n) is 6.34. The summed E-state index contributed by atoms with van der Waals surface area (Å²) in [7, 11) is 0. The number of hydrogen-bond acceptors (Lipinski definition) is 2. The minimum absolute atomic E-state index is 0.288. The van der Waals surface area contributed by atoms with Crippen molar-refractivity contribution in [3.05, 3.63) is 35.4 Å². The van der Waals surface area contributed by atoms with E-state index in [1.165, 1.54) is 5.56 Å². The van der Waals surface area contributed by atoms with Gasteiger partial charge in [0, 0.05) is 12.1 Å². The Morgan fingerprint density at radius 1 is 1.29 bits per heavy atom. The summed E-state index contributed by atoms with van der Waals surface area (Å²) in [6.45, 7) is 8.83. The fourth-order valence-corrected chi connectivity index (χ4v) is 2.08. The molecule has 0 radical (unpaired) electrons. The molecule has 0 aliphatic carbocycles. The fraction of sp³-hybridized carbons (Fsp3) is 0.533. The molecule has 2 nitrogen and oxygen atoms in total. The van der Waals surface area contributed by atoms with Crippen LogP contribution >= 0.6 is 0 Å². The predicted molar refractivity (Wildman–Crippen MR) is 71.6 cm³/mol. The van der Waals surface area contributed by atoms with E-state index >= 15 is 0 Å². The van der Waals surface area contributed by atoms with Gasteiger partial charge in [-0.25, -0.2) is 0 Å². The molecule has 0 amide bonds. The molecule has 0 aliphatic rings. The smallest absolute Gasteiger partial charge is 0.0991 e. The van der Waals surface area contributed by atoms with E-state index in [4.69, 9.17) is 5.26 Å². The molecule has 0 saturated heterocycles. The van der Waals surface area contributed by atoms with Crippen molar-refractivity contribution in [2.45, 2.75) is 46.2 Å². The zero-order chi connectivity index (χ0) is 12.8. The third kappa shape index (κ3) is 3.87. The maximum atomic E-state index is 8.89. The minimum atomic E-state index is 0.288. The Balaban J connectivity index is 2.75. The molecular weight excluding hydrogens is 208 g/mol. The number of nitriles is 1. The van der Waals surface area contributed by atoms with Crippen LogP contribution in [0, 0.1) is 17.2 Å². The van der Waals surface area contributed by atoms with Gasteiger partial charge in [-0.3, -0.25) is 0 Å². The molecule has 0 spiro atoms. The van der Waals surface area contributed by atoms with Crippen molar-refractivity contribution in [2.75, 3.05) is 0 Å². The zero-order valence-corrected chi connectivity index (χ0v) is 11.2. The van der Waals surface area contributed by atoms with E-state index in [9.17, 15) is 0 Å². The van der Waals surface area contributed by atoms with Crippen LogP contribution in [-0.4, -0.2) is 6.04 Å². The lowest BCUT2D eigenvalue weighted by Crippen LogP contribution is -2.35. The van der Waals surface area contributed by atoms with Gasteiger partial charge < -0.3 is 5.32 Å². The van der Waals surface area contributed by atoms with Crippen molar-refractivity contribution in [2.24, 2.45) is 5.92 Å². The monoisotopic (exact) mass is 230 g/mol. The largest absolute Gasteiger partial charge is 0.307 e. The molecule has 1 rings (SSSR count). The molecule has 1 N–H and O–H groups in total. The summed E-state index contributed by atoms with van der Waals surface area (Å²) in [6, 6.07) is 10.8. The van der Waals surface area contributed by atoms with E-state index in [2.05, 4.69) is 45.1 Å². The van der Waals surface area contributed by atoms with Crippen LogP contribution in [0.2, 0.25) is 0 Å². The molecule has 0 fully saturated rings. The van der Waals surface area contributed by atoms with Gasteiger partial charge in [-0.1, -0.05) is 32.9 Å². The molecule has 1 aromatic carbocycles. The average molecular weight is 230 g/mol. The van der Waals surface area contributed by atoms with Crippen molar-refractivity contribution < 1.29 is 0 Å². The van der Waals surface area contributed by atoms with Crippen LogP contribution in [0.15, 0.2) is 24.3 Å². The summed E-state index contributed by atoms with van der Waals surface area (Å²) in [4.78, 5) is 0. The van der Waals surface area contributed by atoms with Crippen molar-refractivity contribution >= 4 is 0 Å². The van der Waals surface area contributed by atoms with Crippen LogP contribution < -0.4 is 5.32 Å². The number of benzene rings is 1. The highest BCUT2D eigenvalue weighted by molar-refractivity contribution is 5.34. The van der Waals surface area contributed by atoms with Crippen molar-refractivity contribution in [3.63, 3.8) is 0 Å². The van der Waals surface area contributed by atoms with E-state index in [0.717, 1.165) is 12.0 Å². The van der Waals surface area contributed by atoms with E-state index in [1.807, 2.05) is 18.2 Å².